The van der Waals surface area contributed by atoms with Gasteiger partial charge in [0, 0.05) is 12.4 Å². The summed E-state index contributed by atoms with van der Waals surface area (Å²) in [5.41, 5.74) is 0. The van der Waals surface area contributed by atoms with Gasteiger partial charge in [-0.15, -0.1) is 0 Å². The predicted molar refractivity (Wildman–Crippen MR) is 41.3 cm³/mol. The van der Waals surface area contributed by atoms with E-state index >= 15 is 0 Å². The smallest absolute Gasteiger partial charge is 0.117 e. The molecule has 9 heavy (non-hydrogen) atoms. The number of hydrogen-bond donors (Lipinski definition) is 0. The Morgan fingerprint density at radius 3 is 2.33 bits per heavy atom. The monoisotopic (exact) mass is 123 g/mol. The van der Waals surface area contributed by atoms with E-state index in [9.17, 15) is 0 Å². The van der Waals surface area contributed by atoms with Crippen LogP contribution in [0.4, 0.5) is 0 Å². The lowest BCUT2D eigenvalue weighted by Gasteiger charge is -1.70. The third-order valence-electron chi connectivity index (χ3n) is 0.521. The van der Waals surface area contributed by atoms with Crippen LogP contribution >= 0.6 is 0 Å². The zero-order valence-electron chi connectivity index (χ0n) is 5.36. The topological polar surface area (TPSA) is 37.1 Å². The number of hydrogen-bond acceptors (Lipinski definition) is 1. The van der Waals surface area contributed by atoms with Crippen molar-refractivity contribution in [3.8, 4) is 0 Å². The molecule has 0 spiro atoms. The summed E-state index contributed by atoms with van der Waals surface area (Å²) in [5, 5.41) is 0. The van der Waals surface area contributed by atoms with Gasteiger partial charge in [0.25, 0.3) is 0 Å². The van der Waals surface area contributed by atoms with Crippen LogP contribution < -0.4 is 0 Å². The van der Waals surface area contributed by atoms with Crippen LogP contribution in [-0.2, 0) is 0 Å². The van der Waals surface area contributed by atoms with Crippen LogP contribution in [0.15, 0.2) is 27.8 Å². The second-order valence-electron chi connectivity index (χ2n) is 1.12. The molecule has 0 radical (unpaired) electrons. The molecule has 3 nitrogen and oxygen atoms in total. The Labute approximate surface area is 54.6 Å². The minimum atomic E-state index is 1.38. The highest BCUT2D eigenvalue weighted by Gasteiger charge is 1.57. The normalized spacial score (nSPS) is 12.1. The van der Waals surface area contributed by atoms with Gasteiger partial charge >= 0.3 is 0 Å². The van der Waals surface area contributed by atoms with Crippen LogP contribution in [0.25, 0.3) is 0 Å². The van der Waals surface area contributed by atoms with E-state index in [1.165, 1.54) is 18.9 Å². The number of rotatable bonds is 3. The summed E-state index contributed by atoms with van der Waals surface area (Å²) in [6.07, 6.45) is 5.84. The van der Waals surface area contributed by atoms with Gasteiger partial charge < -0.3 is 0 Å². The van der Waals surface area contributed by atoms with E-state index in [1.807, 2.05) is 6.92 Å². The molecule has 3 heteroatoms. The van der Waals surface area contributed by atoms with Crippen molar-refractivity contribution in [2.75, 3.05) is 0 Å². The summed E-state index contributed by atoms with van der Waals surface area (Å²) in [4.78, 5) is 11.0. The van der Waals surface area contributed by atoms with Crippen LogP contribution in [0, 0.1) is 0 Å². The summed E-state index contributed by atoms with van der Waals surface area (Å²) in [6, 6.07) is 0. The maximum atomic E-state index is 3.70. The molecule has 0 aliphatic rings. The summed E-state index contributed by atoms with van der Waals surface area (Å²) < 4.78 is 0. The molecule has 0 aliphatic heterocycles. The van der Waals surface area contributed by atoms with E-state index in [4.69, 9.17) is 0 Å². The molecule has 0 saturated carbocycles. The third-order valence-corrected chi connectivity index (χ3v) is 0.521. The summed E-state index contributed by atoms with van der Waals surface area (Å²) in [6.45, 7) is 5.18. The van der Waals surface area contributed by atoms with E-state index < -0.39 is 0 Å². The van der Waals surface area contributed by atoms with Crippen LogP contribution in [-0.4, -0.2) is 18.9 Å². The van der Waals surface area contributed by atoms with Gasteiger partial charge in [0.05, 0.1) is 0 Å². The largest absolute Gasteiger partial charge is 0.249 e. The molecule has 0 N–H and O–H groups in total. The average Bonchev–Trinajstić information content (AvgIpc) is 1.89. The van der Waals surface area contributed by atoms with Crippen LogP contribution in [0.2, 0.25) is 0 Å². The van der Waals surface area contributed by atoms with Crippen molar-refractivity contribution in [1.29, 1.82) is 0 Å². The van der Waals surface area contributed by atoms with Crippen LogP contribution in [0.5, 0.6) is 0 Å². The van der Waals surface area contributed by atoms with Crippen molar-refractivity contribution in [3.05, 3.63) is 12.8 Å². The standard InChI is InChI=1S/C6H9N3/c1-3-7-5-9-6-8-4-2/h3-6H,1H2,2H3. The molecular weight excluding hydrogens is 114 g/mol. The first-order valence-corrected chi connectivity index (χ1v) is 2.53. The zero-order chi connectivity index (χ0) is 6.95. The summed E-state index contributed by atoms with van der Waals surface area (Å²) in [7, 11) is 0. The Bertz CT molecular complexity index is 144. The van der Waals surface area contributed by atoms with E-state index in [0.717, 1.165) is 0 Å². The highest BCUT2D eigenvalue weighted by molar-refractivity contribution is 5.77. The quantitative estimate of drug-likeness (QED) is 0.400. The average molecular weight is 123 g/mol. The van der Waals surface area contributed by atoms with Crippen molar-refractivity contribution in [3.63, 3.8) is 0 Å². The highest BCUT2D eigenvalue weighted by Crippen LogP contribution is 1.64. The van der Waals surface area contributed by atoms with E-state index in [0.29, 0.717) is 0 Å². The molecule has 0 fully saturated rings. The van der Waals surface area contributed by atoms with Gasteiger partial charge in [-0.25, -0.2) is 15.0 Å². The summed E-state index contributed by atoms with van der Waals surface area (Å²) >= 11 is 0. The first kappa shape index (κ1) is 7.75. The Morgan fingerprint density at radius 1 is 1.11 bits per heavy atom. The van der Waals surface area contributed by atoms with Crippen molar-refractivity contribution < 1.29 is 0 Å². The van der Waals surface area contributed by atoms with Gasteiger partial charge in [-0.3, -0.25) is 0 Å². The lowest BCUT2D eigenvalue weighted by atomic mass is 10.9. The molecule has 0 saturated heterocycles. The van der Waals surface area contributed by atoms with Crippen molar-refractivity contribution in [1.82, 2.24) is 0 Å². The molecule has 0 aromatic rings. The van der Waals surface area contributed by atoms with Gasteiger partial charge in [0.1, 0.15) is 12.7 Å². The summed E-state index contributed by atoms with van der Waals surface area (Å²) in [5.74, 6) is 0. The molecule has 48 valence electrons. The van der Waals surface area contributed by atoms with Gasteiger partial charge in [0.15, 0.2) is 0 Å². The Kier molecular flexibility index (Phi) is 5.81. The van der Waals surface area contributed by atoms with E-state index in [-0.39, 0.29) is 0 Å². The third kappa shape index (κ3) is 6.75. The van der Waals surface area contributed by atoms with Gasteiger partial charge in [-0.2, -0.15) is 0 Å². The molecule has 0 rings (SSSR count). The Balaban J connectivity index is 3.46. The maximum Gasteiger partial charge on any atom is 0.117 e. The van der Waals surface area contributed by atoms with Gasteiger partial charge in [-0.05, 0) is 6.92 Å². The lowest BCUT2D eigenvalue weighted by Crippen LogP contribution is -1.67. The Morgan fingerprint density at radius 2 is 1.78 bits per heavy atom. The minimum Gasteiger partial charge on any atom is -0.249 e. The van der Waals surface area contributed by atoms with E-state index in [2.05, 4.69) is 21.6 Å². The fourth-order valence-electron chi connectivity index (χ4n) is 0.221. The minimum absolute atomic E-state index is 1.38. The van der Waals surface area contributed by atoms with E-state index in [1.54, 1.807) is 6.21 Å². The van der Waals surface area contributed by atoms with Crippen LogP contribution in [0.3, 0.4) is 0 Å². The predicted octanol–water partition coefficient (Wildman–Crippen LogP) is 1.28. The molecule has 0 bridgehead atoms. The molecule has 0 aliphatic carbocycles. The number of nitrogens with zero attached hydrogens (tertiary/aromatic N) is 3. The Hall–Kier alpha value is -1.25. The van der Waals surface area contributed by atoms with Crippen LogP contribution in [0.1, 0.15) is 6.92 Å². The fraction of sp³-hybridized carbons (Fsp3) is 0.167. The molecule has 0 aromatic carbocycles. The van der Waals surface area contributed by atoms with Gasteiger partial charge in [0.2, 0.25) is 0 Å². The molecule has 0 amide bonds. The SMILES string of the molecule is C=CN=CN=CN=CC. The van der Waals surface area contributed by atoms with Crippen molar-refractivity contribution in [2.24, 2.45) is 15.0 Å². The zero-order valence-corrected chi connectivity index (χ0v) is 5.36. The first-order valence-electron chi connectivity index (χ1n) is 2.53. The second-order valence-corrected chi connectivity index (χ2v) is 1.12. The lowest BCUT2D eigenvalue weighted by molar-refractivity contribution is 1.56. The molecule has 0 heterocycles. The molecular formula is C6H9N3. The van der Waals surface area contributed by atoms with Crippen molar-refractivity contribution >= 4 is 18.9 Å². The molecule has 0 atom stereocenters. The maximum absolute atomic E-state index is 3.70. The fourth-order valence-corrected chi connectivity index (χ4v) is 0.221. The van der Waals surface area contributed by atoms with Gasteiger partial charge in [-0.1, -0.05) is 6.58 Å². The highest BCUT2D eigenvalue weighted by atomic mass is 14.9. The first-order chi connectivity index (χ1) is 4.41. The second kappa shape index (κ2) is 6.75. The van der Waals surface area contributed by atoms with Crippen molar-refractivity contribution in [2.45, 2.75) is 6.92 Å². The number of aliphatic imine (C=N–C) groups is 3. The molecule has 0 aromatic heterocycles. The molecule has 0 unspecified atom stereocenters.